The van der Waals surface area contributed by atoms with Gasteiger partial charge in [0.1, 0.15) is 5.75 Å². The minimum Gasteiger partial charge on any atom is -0.481 e. The molecule has 0 spiro atoms. The number of benzene rings is 1. The van der Waals surface area contributed by atoms with Crippen LogP contribution < -0.4 is 10.1 Å². The third kappa shape index (κ3) is 2.22. The Bertz CT molecular complexity index is 493. The fourth-order valence-corrected chi connectivity index (χ4v) is 1.64. The van der Waals surface area contributed by atoms with Crippen LogP contribution in [0.2, 0.25) is 0 Å². The Balaban J connectivity index is 2.32. The van der Waals surface area contributed by atoms with E-state index in [1.807, 2.05) is 0 Å². The Kier molecular flexibility index (Phi) is 2.53. The van der Waals surface area contributed by atoms with Crippen molar-refractivity contribution in [3.05, 3.63) is 23.8 Å². The van der Waals surface area contributed by atoms with Gasteiger partial charge in [0.2, 0.25) is 0 Å². The van der Waals surface area contributed by atoms with Gasteiger partial charge in [0.15, 0.2) is 5.60 Å². The zero-order valence-electron chi connectivity index (χ0n) is 9.61. The number of carboxylic acid groups (broad SMARTS) is 1. The third-order valence-electron chi connectivity index (χ3n) is 2.56. The number of amides is 1. The second kappa shape index (κ2) is 3.76. The van der Waals surface area contributed by atoms with Crippen LogP contribution in [-0.4, -0.2) is 22.6 Å². The minimum atomic E-state index is -0.909. The molecule has 0 saturated heterocycles. The van der Waals surface area contributed by atoms with E-state index in [9.17, 15) is 9.59 Å². The Morgan fingerprint density at radius 1 is 1.47 bits per heavy atom. The van der Waals surface area contributed by atoms with Gasteiger partial charge in [-0.1, -0.05) is 6.07 Å². The van der Waals surface area contributed by atoms with Gasteiger partial charge < -0.3 is 15.2 Å². The quantitative estimate of drug-likeness (QED) is 0.812. The van der Waals surface area contributed by atoms with Gasteiger partial charge in [0.05, 0.1) is 12.1 Å². The monoisotopic (exact) mass is 235 g/mol. The molecule has 0 bridgehead atoms. The molecule has 0 saturated carbocycles. The van der Waals surface area contributed by atoms with E-state index in [0.29, 0.717) is 17.0 Å². The summed E-state index contributed by atoms with van der Waals surface area (Å²) in [6.07, 6.45) is -0.0768. The molecule has 0 radical (unpaired) electrons. The molecule has 1 aromatic rings. The first kappa shape index (κ1) is 11.4. The van der Waals surface area contributed by atoms with E-state index in [4.69, 9.17) is 9.84 Å². The maximum absolute atomic E-state index is 11.7. The molecule has 1 aliphatic rings. The van der Waals surface area contributed by atoms with Crippen molar-refractivity contribution in [2.24, 2.45) is 0 Å². The summed E-state index contributed by atoms with van der Waals surface area (Å²) < 4.78 is 5.53. The number of ether oxygens (including phenoxy) is 1. The largest absolute Gasteiger partial charge is 0.481 e. The Labute approximate surface area is 98.4 Å². The number of aliphatic carboxylic acids is 1. The van der Waals surface area contributed by atoms with Crippen molar-refractivity contribution < 1.29 is 19.4 Å². The molecule has 1 amide bonds. The van der Waals surface area contributed by atoms with E-state index < -0.39 is 11.6 Å². The lowest BCUT2D eigenvalue weighted by molar-refractivity contribution is -0.136. The zero-order valence-corrected chi connectivity index (χ0v) is 9.61. The molecule has 5 nitrogen and oxygen atoms in total. The predicted molar refractivity (Wildman–Crippen MR) is 61.1 cm³/mol. The van der Waals surface area contributed by atoms with Crippen LogP contribution in [0.4, 0.5) is 5.69 Å². The van der Waals surface area contributed by atoms with Gasteiger partial charge in [-0.2, -0.15) is 0 Å². The normalized spacial score (nSPS) is 16.7. The highest BCUT2D eigenvalue weighted by Gasteiger charge is 2.35. The molecule has 17 heavy (non-hydrogen) atoms. The molecule has 90 valence electrons. The molecule has 2 N–H and O–H groups in total. The van der Waals surface area contributed by atoms with Crippen molar-refractivity contribution in [3.63, 3.8) is 0 Å². The number of anilines is 1. The van der Waals surface area contributed by atoms with Crippen molar-refractivity contribution in [2.75, 3.05) is 5.32 Å². The fraction of sp³-hybridized carbons (Fsp3) is 0.333. The van der Waals surface area contributed by atoms with Crippen LogP contribution in [-0.2, 0) is 16.0 Å². The van der Waals surface area contributed by atoms with Crippen LogP contribution in [0.1, 0.15) is 19.4 Å². The van der Waals surface area contributed by atoms with Crippen LogP contribution in [0.25, 0.3) is 0 Å². The lowest BCUT2D eigenvalue weighted by Crippen LogP contribution is -2.45. The number of carboxylic acids is 1. The van der Waals surface area contributed by atoms with Crippen LogP contribution >= 0.6 is 0 Å². The SMILES string of the molecule is CC1(C)Oc2ccc(CC(=O)O)cc2NC1=O. The second-order valence-electron chi connectivity index (χ2n) is 4.47. The Hall–Kier alpha value is -2.04. The lowest BCUT2D eigenvalue weighted by atomic mass is 10.0. The van der Waals surface area contributed by atoms with Crippen LogP contribution in [0, 0.1) is 0 Å². The van der Waals surface area contributed by atoms with Crippen molar-refractivity contribution in [3.8, 4) is 5.75 Å². The molecule has 0 aromatic heterocycles. The molecule has 0 aliphatic carbocycles. The van der Waals surface area contributed by atoms with Crippen molar-refractivity contribution in [1.82, 2.24) is 0 Å². The summed E-state index contributed by atoms with van der Waals surface area (Å²) in [6, 6.07) is 4.98. The number of carbonyl (C=O) groups excluding carboxylic acids is 1. The van der Waals surface area contributed by atoms with E-state index in [-0.39, 0.29) is 12.3 Å². The van der Waals surface area contributed by atoms with Gasteiger partial charge in [0.25, 0.3) is 5.91 Å². The number of rotatable bonds is 2. The first-order valence-electron chi connectivity index (χ1n) is 5.24. The molecule has 5 heteroatoms. The highest BCUT2D eigenvalue weighted by molar-refractivity contribution is 6.00. The Morgan fingerprint density at radius 3 is 2.82 bits per heavy atom. The van der Waals surface area contributed by atoms with E-state index >= 15 is 0 Å². The number of hydrogen-bond donors (Lipinski definition) is 2. The molecule has 1 aromatic carbocycles. The van der Waals surface area contributed by atoms with Crippen LogP contribution in [0.15, 0.2) is 18.2 Å². The Morgan fingerprint density at radius 2 is 2.18 bits per heavy atom. The van der Waals surface area contributed by atoms with Gasteiger partial charge in [-0.25, -0.2) is 0 Å². The standard InChI is InChI=1S/C12H13NO4/c1-12(2)11(16)13-8-5-7(6-10(14)15)3-4-9(8)17-12/h3-5H,6H2,1-2H3,(H,13,16)(H,14,15). The summed E-state index contributed by atoms with van der Waals surface area (Å²) in [5, 5.41) is 11.4. The maximum Gasteiger partial charge on any atom is 0.307 e. The smallest absolute Gasteiger partial charge is 0.307 e. The van der Waals surface area contributed by atoms with Gasteiger partial charge in [-0.15, -0.1) is 0 Å². The minimum absolute atomic E-state index is 0.0768. The number of fused-ring (bicyclic) bond motifs is 1. The maximum atomic E-state index is 11.7. The average Bonchev–Trinajstić information content (AvgIpc) is 2.19. The fourth-order valence-electron chi connectivity index (χ4n) is 1.64. The summed E-state index contributed by atoms with van der Waals surface area (Å²) in [7, 11) is 0. The molecule has 0 fully saturated rings. The topological polar surface area (TPSA) is 75.6 Å². The van der Waals surface area contributed by atoms with Crippen molar-refractivity contribution in [2.45, 2.75) is 25.9 Å². The second-order valence-corrected chi connectivity index (χ2v) is 4.47. The van der Waals surface area contributed by atoms with Gasteiger partial charge in [0, 0.05) is 0 Å². The third-order valence-corrected chi connectivity index (χ3v) is 2.56. The highest BCUT2D eigenvalue weighted by Crippen LogP contribution is 2.34. The van der Waals surface area contributed by atoms with Gasteiger partial charge in [-0.05, 0) is 31.5 Å². The summed E-state index contributed by atoms with van der Waals surface area (Å²) in [4.78, 5) is 22.2. The van der Waals surface area contributed by atoms with E-state index in [0.717, 1.165) is 0 Å². The van der Waals surface area contributed by atoms with Gasteiger partial charge in [-0.3, -0.25) is 9.59 Å². The first-order valence-corrected chi connectivity index (χ1v) is 5.24. The summed E-state index contributed by atoms with van der Waals surface area (Å²) in [5.74, 6) is -0.588. The molecule has 2 rings (SSSR count). The molecule has 0 atom stereocenters. The van der Waals surface area contributed by atoms with E-state index in [2.05, 4.69) is 5.32 Å². The van der Waals surface area contributed by atoms with Crippen molar-refractivity contribution >= 4 is 17.6 Å². The molecule has 1 aliphatic heterocycles. The molecular formula is C12H13NO4. The van der Waals surface area contributed by atoms with E-state index in [1.165, 1.54) is 0 Å². The van der Waals surface area contributed by atoms with Crippen molar-refractivity contribution in [1.29, 1.82) is 0 Å². The summed E-state index contributed by atoms with van der Waals surface area (Å²) in [6.45, 7) is 3.35. The number of nitrogens with one attached hydrogen (secondary N) is 1. The summed E-state index contributed by atoms with van der Waals surface area (Å²) in [5.41, 5.74) is 0.245. The zero-order chi connectivity index (χ0) is 12.6. The number of carbonyl (C=O) groups is 2. The summed E-state index contributed by atoms with van der Waals surface area (Å²) >= 11 is 0. The van der Waals surface area contributed by atoms with Crippen LogP contribution in [0.5, 0.6) is 5.75 Å². The van der Waals surface area contributed by atoms with Crippen LogP contribution in [0.3, 0.4) is 0 Å². The molecule has 0 unspecified atom stereocenters. The first-order chi connectivity index (χ1) is 7.88. The number of hydrogen-bond acceptors (Lipinski definition) is 3. The molecular weight excluding hydrogens is 222 g/mol. The molecule has 1 heterocycles. The lowest BCUT2D eigenvalue weighted by Gasteiger charge is -2.31. The highest BCUT2D eigenvalue weighted by atomic mass is 16.5. The van der Waals surface area contributed by atoms with Gasteiger partial charge >= 0.3 is 5.97 Å². The average molecular weight is 235 g/mol. The van der Waals surface area contributed by atoms with E-state index in [1.54, 1.807) is 32.0 Å². The predicted octanol–water partition coefficient (Wildman–Crippen LogP) is 1.42.